The van der Waals surface area contributed by atoms with Gasteiger partial charge in [-0.2, -0.15) is 0 Å². The summed E-state index contributed by atoms with van der Waals surface area (Å²) in [6.45, 7) is 2.26. The van der Waals surface area contributed by atoms with Crippen molar-refractivity contribution < 1.29 is 23.8 Å². The topological polar surface area (TPSA) is 61.8 Å². The Hall–Kier alpha value is -2.82. The van der Waals surface area contributed by atoms with Gasteiger partial charge in [-0.15, -0.1) is 0 Å². The first-order valence-corrected chi connectivity index (χ1v) is 7.29. The van der Waals surface area contributed by atoms with E-state index >= 15 is 0 Å². The van der Waals surface area contributed by atoms with Gasteiger partial charge in [0.15, 0.2) is 12.4 Å². The highest BCUT2D eigenvalue weighted by Crippen LogP contribution is 2.39. The summed E-state index contributed by atoms with van der Waals surface area (Å²) in [6.07, 6.45) is 0. The third-order valence-corrected chi connectivity index (χ3v) is 3.66. The quantitative estimate of drug-likeness (QED) is 0.678. The number of methoxy groups -OCH3 is 1. The smallest absolute Gasteiger partial charge is 0.343 e. The van der Waals surface area contributed by atoms with Crippen LogP contribution >= 0.6 is 0 Å². The molecule has 0 aromatic heterocycles. The number of hydrogen-bond donors (Lipinski definition) is 0. The van der Waals surface area contributed by atoms with Gasteiger partial charge in [0.1, 0.15) is 11.5 Å². The average Bonchev–Trinajstić information content (AvgIpc) is 2.85. The molecule has 1 aliphatic rings. The fourth-order valence-corrected chi connectivity index (χ4v) is 2.58. The van der Waals surface area contributed by atoms with Crippen molar-refractivity contribution in [2.45, 2.75) is 6.92 Å². The maximum absolute atomic E-state index is 12.6. The predicted octanol–water partition coefficient (Wildman–Crippen LogP) is 2.85. The van der Waals surface area contributed by atoms with Gasteiger partial charge in [-0.05, 0) is 54.4 Å². The van der Waals surface area contributed by atoms with Crippen LogP contribution in [0.25, 0.3) is 11.1 Å². The molecule has 0 radical (unpaired) electrons. The molecule has 0 saturated heterocycles. The average molecular weight is 312 g/mol. The lowest BCUT2D eigenvalue weighted by Crippen LogP contribution is -2.12. The summed E-state index contributed by atoms with van der Waals surface area (Å²) in [5.41, 5.74) is 2.93. The number of carbonyl (C=O) groups is 2. The molecular formula is C18H16O5. The molecule has 23 heavy (non-hydrogen) atoms. The number of ether oxygens (including phenoxy) is 3. The van der Waals surface area contributed by atoms with Gasteiger partial charge in [0.2, 0.25) is 0 Å². The van der Waals surface area contributed by atoms with Gasteiger partial charge in [-0.3, -0.25) is 4.79 Å². The molecule has 0 unspecified atom stereocenters. The van der Waals surface area contributed by atoms with Crippen LogP contribution in [0.4, 0.5) is 0 Å². The second kappa shape index (κ2) is 6.12. The summed E-state index contributed by atoms with van der Waals surface area (Å²) in [4.78, 5) is 23.7. The van der Waals surface area contributed by atoms with Gasteiger partial charge in [0.25, 0.3) is 0 Å². The first-order valence-electron chi connectivity index (χ1n) is 7.29. The summed E-state index contributed by atoms with van der Waals surface area (Å²) in [6, 6.07) is 10.7. The number of fused-ring (bicyclic) bond motifs is 3. The summed E-state index contributed by atoms with van der Waals surface area (Å²) >= 11 is 0. The molecule has 1 aliphatic carbocycles. The van der Waals surface area contributed by atoms with Crippen molar-refractivity contribution in [3.8, 4) is 22.6 Å². The molecule has 0 spiro atoms. The monoisotopic (exact) mass is 312 g/mol. The van der Waals surface area contributed by atoms with Crippen molar-refractivity contribution >= 4 is 11.8 Å². The van der Waals surface area contributed by atoms with E-state index in [9.17, 15) is 9.59 Å². The number of rotatable bonds is 5. The molecule has 0 fully saturated rings. The van der Waals surface area contributed by atoms with Crippen LogP contribution in [-0.2, 0) is 9.53 Å². The Kier molecular flexibility index (Phi) is 4.02. The Bertz CT molecular complexity index is 779. The van der Waals surface area contributed by atoms with Crippen molar-refractivity contribution in [1.82, 2.24) is 0 Å². The van der Waals surface area contributed by atoms with Crippen molar-refractivity contribution in [2.24, 2.45) is 0 Å². The van der Waals surface area contributed by atoms with Crippen LogP contribution in [0.5, 0.6) is 11.5 Å². The zero-order valence-corrected chi connectivity index (χ0v) is 12.9. The van der Waals surface area contributed by atoms with Crippen molar-refractivity contribution in [1.29, 1.82) is 0 Å². The summed E-state index contributed by atoms with van der Waals surface area (Å²) in [5, 5.41) is 0. The molecule has 5 nitrogen and oxygen atoms in total. The van der Waals surface area contributed by atoms with Crippen molar-refractivity contribution in [3.63, 3.8) is 0 Å². The largest absolute Gasteiger partial charge is 0.494 e. The first kappa shape index (κ1) is 15.1. The minimum atomic E-state index is -0.471. The second-order valence-electron chi connectivity index (χ2n) is 5.04. The third kappa shape index (κ3) is 2.77. The summed E-state index contributed by atoms with van der Waals surface area (Å²) < 4.78 is 15.3. The lowest BCUT2D eigenvalue weighted by Gasteiger charge is -2.06. The maximum Gasteiger partial charge on any atom is 0.343 e. The molecule has 3 rings (SSSR count). The Morgan fingerprint density at radius 1 is 0.913 bits per heavy atom. The maximum atomic E-state index is 12.6. The number of hydrogen-bond acceptors (Lipinski definition) is 5. The Morgan fingerprint density at radius 3 is 2.00 bits per heavy atom. The van der Waals surface area contributed by atoms with Crippen LogP contribution in [0.3, 0.4) is 0 Å². The second-order valence-corrected chi connectivity index (χ2v) is 5.04. The van der Waals surface area contributed by atoms with Crippen LogP contribution in [0, 0.1) is 0 Å². The highest BCUT2D eigenvalue weighted by Gasteiger charge is 2.27. The molecule has 0 bridgehead atoms. The predicted molar refractivity (Wildman–Crippen MR) is 84.0 cm³/mol. The fraction of sp³-hybridized carbons (Fsp3) is 0.222. The van der Waals surface area contributed by atoms with Crippen molar-refractivity contribution in [2.75, 3.05) is 20.3 Å². The van der Waals surface area contributed by atoms with Gasteiger partial charge in [0.05, 0.1) is 13.7 Å². The highest BCUT2D eigenvalue weighted by atomic mass is 16.6. The lowest BCUT2D eigenvalue weighted by atomic mass is 10.1. The first-order chi connectivity index (χ1) is 11.1. The Labute approximate surface area is 133 Å². The van der Waals surface area contributed by atoms with Crippen LogP contribution in [0.1, 0.15) is 22.8 Å². The molecule has 0 saturated carbocycles. The Morgan fingerprint density at radius 2 is 1.48 bits per heavy atom. The van der Waals surface area contributed by atoms with Gasteiger partial charge in [0, 0.05) is 11.1 Å². The Balaban J connectivity index is 1.90. The number of carbonyl (C=O) groups excluding carboxylic acids is 2. The molecule has 5 heteroatoms. The van der Waals surface area contributed by atoms with E-state index in [-0.39, 0.29) is 12.4 Å². The fourth-order valence-electron chi connectivity index (χ4n) is 2.58. The molecule has 0 amide bonds. The van der Waals surface area contributed by atoms with Gasteiger partial charge in [-0.25, -0.2) is 4.79 Å². The molecule has 0 atom stereocenters. The summed E-state index contributed by atoms with van der Waals surface area (Å²) in [7, 11) is 1.30. The minimum absolute atomic E-state index is 0.0694. The molecular weight excluding hydrogens is 296 g/mol. The van der Waals surface area contributed by atoms with E-state index in [4.69, 9.17) is 9.47 Å². The number of ketones is 1. The molecule has 0 heterocycles. The van der Waals surface area contributed by atoms with Crippen LogP contribution in [-0.4, -0.2) is 32.1 Å². The number of esters is 1. The zero-order chi connectivity index (χ0) is 16.4. The lowest BCUT2D eigenvalue weighted by molar-refractivity contribution is -0.142. The molecule has 118 valence electrons. The third-order valence-electron chi connectivity index (χ3n) is 3.66. The van der Waals surface area contributed by atoms with E-state index in [2.05, 4.69) is 4.74 Å². The number of benzene rings is 2. The standard InChI is InChI=1S/C18H16O5/c1-3-22-11-4-6-13-14-7-5-12(23-10-17(19)21-2)9-16(14)18(20)15(13)8-11/h4-9H,3,10H2,1-2H3. The van der Waals surface area contributed by atoms with E-state index in [0.717, 1.165) is 11.1 Å². The molecule has 2 aromatic rings. The van der Waals surface area contributed by atoms with Crippen LogP contribution in [0.15, 0.2) is 36.4 Å². The van der Waals surface area contributed by atoms with E-state index in [1.807, 2.05) is 25.1 Å². The van der Waals surface area contributed by atoms with Crippen LogP contribution in [0.2, 0.25) is 0 Å². The van der Waals surface area contributed by atoms with E-state index < -0.39 is 5.97 Å². The van der Waals surface area contributed by atoms with Crippen molar-refractivity contribution in [3.05, 3.63) is 47.5 Å². The van der Waals surface area contributed by atoms with Crippen LogP contribution < -0.4 is 9.47 Å². The van der Waals surface area contributed by atoms with E-state index in [0.29, 0.717) is 29.2 Å². The van der Waals surface area contributed by atoms with E-state index in [1.54, 1.807) is 18.2 Å². The molecule has 0 N–H and O–H groups in total. The summed E-state index contributed by atoms with van der Waals surface area (Å²) in [5.74, 6) is 0.594. The zero-order valence-electron chi connectivity index (χ0n) is 12.9. The van der Waals surface area contributed by atoms with Gasteiger partial charge < -0.3 is 14.2 Å². The molecule has 2 aromatic carbocycles. The SMILES string of the molecule is CCOc1ccc2c(c1)C(=O)c1cc(OCC(=O)OC)ccc1-2. The normalized spacial score (nSPS) is 11.7. The molecule has 0 aliphatic heterocycles. The van der Waals surface area contributed by atoms with Gasteiger partial charge >= 0.3 is 5.97 Å². The van der Waals surface area contributed by atoms with E-state index in [1.165, 1.54) is 7.11 Å². The minimum Gasteiger partial charge on any atom is -0.494 e. The van der Waals surface area contributed by atoms with Gasteiger partial charge in [-0.1, -0.05) is 0 Å². The highest BCUT2D eigenvalue weighted by molar-refractivity contribution is 6.22.